The topological polar surface area (TPSA) is 41.6 Å². The second kappa shape index (κ2) is 6.42. The highest BCUT2D eigenvalue weighted by atomic mass is 35.5. The molecule has 0 spiro atoms. The van der Waals surface area contributed by atoms with E-state index in [-0.39, 0.29) is 24.4 Å². The van der Waals surface area contributed by atoms with Crippen LogP contribution in [0.5, 0.6) is 0 Å². The van der Waals surface area contributed by atoms with Gasteiger partial charge in [-0.2, -0.15) is 0 Å². The van der Waals surface area contributed by atoms with Gasteiger partial charge in [-0.05, 0) is 19.3 Å². The van der Waals surface area contributed by atoms with E-state index in [1.807, 2.05) is 4.90 Å². The molecule has 5 heteroatoms. The lowest BCUT2D eigenvalue weighted by atomic mass is 10.1. The van der Waals surface area contributed by atoms with Gasteiger partial charge < -0.3 is 15.0 Å². The van der Waals surface area contributed by atoms with Gasteiger partial charge in [0.15, 0.2) is 0 Å². The van der Waals surface area contributed by atoms with E-state index in [0.717, 1.165) is 45.4 Å². The first kappa shape index (κ1) is 13.7. The zero-order valence-electron chi connectivity index (χ0n) is 9.78. The summed E-state index contributed by atoms with van der Waals surface area (Å²) in [6, 6.07) is 0. The number of carbonyl (C=O) groups is 1. The van der Waals surface area contributed by atoms with Crippen molar-refractivity contribution in [2.45, 2.75) is 38.4 Å². The fourth-order valence-electron chi connectivity index (χ4n) is 2.28. The summed E-state index contributed by atoms with van der Waals surface area (Å²) in [7, 11) is 0. The quantitative estimate of drug-likeness (QED) is 0.786. The van der Waals surface area contributed by atoms with Crippen molar-refractivity contribution in [1.82, 2.24) is 10.2 Å². The zero-order valence-corrected chi connectivity index (χ0v) is 10.6. The lowest BCUT2D eigenvalue weighted by molar-refractivity contribution is -0.143. The lowest BCUT2D eigenvalue weighted by Crippen LogP contribution is -2.49. The number of hydrogen-bond acceptors (Lipinski definition) is 3. The van der Waals surface area contributed by atoms with Gasteiger partial charge in [-0.15, -0.1) is 12.4 Å². The summed E-state index contributed by atoms with van der Waals surface area (Å²) in [5, 5.41) is 3.25. The first-order chi connectivity index (χ1) is 7.31. The molecule has 2 heterocycles. The minimum atomic E-state index is -0.159. The average molecular weight is 249 g/mol. The molecule has 4 nitrogen and oxygen atoms in total. The van der Waals surface area contributed by atoms with Gasteiger partial charge in [-0.25, -0.2) is 0 Å². The maximum absolute atomic E-state index is 12.0. The van der Waals surface area contributed by atoms with Crippen LogP contribution in [0.3, 0.4) is 0 Å². The minimum Gasteiger partial charge on any atom is -0.365 e. The number of halogens is 1. The molecule has 0 radical (unpaired) electrons. The smallest absolute Gasteiger partial charge is 0.251 e. The number of nitrogens with zero attached hydrogens (tertiary/aromatic N) is 1. The monoisotopic (exact) mass is 248 g/mol. The standard InChI is InChI=1S/C11H20N2O2.ClH/c1-2-9-3-4-10(15-9)11(14)13-7-5-12-6-8-13;/h9-10,12H,2-8H2,1H3;1H. The SMILES string of the molecule is CCC1CCC(C(=O)N2CCNCC2)O1.Cl. The molecule has 2 atom stereocenters. The van der Waals surface area contributed by atoms with Crippen molar-refractivity contribution < 1.29 is 9.53 Å². The van der Waals surface area contributed by atoms with Crippen LogP contribution in [0.2, 0.25) is 0 Å². The summed E-state index contributed by atoms with van der Waals surface area (Å²) in [6.45, 7) is 5.60. The fraction of sp³-hybridized carbons (Fsp3) is 0.909. The molecule has 0 bridgehead atoms. The molecule has 1 amide bonds. The molecule has 2 fully saturated rings. The molecular formula is C11H21ClN2O2. The molecule has 0 saturated carbocycles. The van der Waals surface area contributed by atoms with E-state index in [0.29, 0.717) is 6.10 Å². The maximum atomic E-state index is 12.0. The van der Waals surface area contributed by atoms with Crippen LogP contribution >= 0.6 is 12.4 Å². The molecule has 2 aliphatic rings. The highest BCUT2D eigenvalue weighted by Gasteiger charge is 2.32. The van der Waals surface area contributed by atoms with Crippen molar-refractivity contribution >= 4 is 18.3 Å². The maximum Gasteiger partial charge on any atom is 0.251 e. The number of hydrogen-bond donors (Lipinski definition) is 1. The minimum absolute atomic E-state index is 0. The highest BCUT2D eigenvalue weighted by molar-refractivity contribution is 5.85. The van der Waals surface area contributed by atoms with Crippen molar-refractivity contribution in [1.29, 1.82) is 0 Å². The Balaban J connectivity index is 0.00000128. The molecule has 2 unspecified atom stereocenters. The molecule has 0 aliphatic carbocycles. The van der Waals surface area contributed by atoms with Gasteiger partial charge in [-0.3, -0.25) is 4.79 Å². The normalized spacial score (nSPS) is 29.9. The van der Waals surface area contributed by atoms with E-state index in [1.165, 1.54) is 0 Å². The van der Waals surface area contributed by atoms with Crippen LogP contribution in [0.4, 0.5) is 0 Å². The number of nitrogens with one attached hydrogen (secondary N) is 1. The number of ether oxygens (including phenoxy) is 1. The third-order valence-electron chi connectivity index (χ3n) is 3.27. The second-order valence-corrected chi connectivity index (χ2v) is 4.31. The van der Waals surface area contributed by atoms with E-state index in [1.54, 1.807) is 0 Å². The Morgan fingerprint density at radius 2 is 2.06 bits per heavy atom. The number of piperazine rings is 1. The third-order valence-corrected chi connectivity index (χ3v) is 3.27. The Labute approximate surface area is 103 Å². The summed E-state index contributed by atoms with van der Waals surface area (Å²) >= 11 is 0. The van der Waals surface area contributed by atoms with E-state index < -0.39 is 0 Å². The number of carbonyl (C=O) groups excluding carboxylic acids is 1. The van der Waals surface area contributed by atoms with Gasteiger partial charge in [0.05, 0.1) is 6.10 Å². The summed E-state index contributed by atoms with van der Waals surface area (Å²) < 4.78 is 5.71. The molecule has 2 aliphatic heterocycles. The Kier molecular flexibility index (Phi) is 5.52. The molecular weight excluding hydrogens is 228 g/mol. The van der Waals surface area contributed by atoms with Crippen LogP contribution in [-0.4, -0.2) is 49.2 Å². The first-order valence-electron chi connectivity index (χ1n) is 5.96. The van der Waals surface area contributed by atoms with Gasteiger partial charge >= 0.3 is 0 Å². The van der Waals surface area contributed by atoms with Crippen LogP contribution in [0, 0.1) is 0 Å². The third kappa shape index (κ3) is 3.09. The molecule has 16 heavy (non-hydrogen) atoms. The fourth-order valence-corrected chi connectivity index (χ4v) is 2.28. The summed E-state index contributed by atoms with van der Waals surface area (Å²) in [4.78, 5) is 14.0. The number of amides is 1. The second-order valence-electron chi connectivity index (χ2n) is 4.31. The molecule has 94 valence electrons. The van der Waals surface area contributed by atoms with E-state index in [4.69, 9.17) is 4.74 Å². The highest BCUT2D eigenvalue weighted by Crippen LogP contribution is 2.23. The van der Waals surface area contributed by atoms with Crippen LogP contribution in [0.25, 0.3) is 0 Å². The summed E-state index contributed by atoms with van der Waals surface area (Å²) in [6.07, 6.45) is 3.11. The predicted molar refractivity (Wildman–Crippen MR) is 64.9 cm³/mol. The van der Waals surface area contributed by atoms with Crippen LogP contribution in [0.15, 0.2) is 0 Å². The number of rotatable bonds is 2. The predicted octanol–water partition coefficient (Wildman–Crippen LogP) is 0.798. The molecule has 1 N–H and O–H groups in total. The van der Waals surface area contributed by atoms with Crippen LogP contribution in [0.1, 0.15) is 26.2 Å². The first-order valence-corrected chi connectivity index (χ1v) is 5.96. The van der Waals surface area contributed by atoms with E-state index in [2.05, 4.69) is 12.2 Å². The summed E-state index contributed by atoms with van der Waals surface area (Å²) in [5.74, 6) is 0.201. The molecule has 0 aromatic heterocycles. The van der Waals surface area contributed by atoms with Crippen LogP contribution in [-0.2, 0) is 9.53 Å². The molecule has 2 rings (SSSR count). The van der Waals surface area contributed by atoms with Crippen molar-refractivity contribution in [3.8, 4) is 0 Å². The summed E-state index contributed by atoms with van der Waals surface area (Å²) in [5.41, 5.74) is 0. The van der Waals surface area contributed by atoms with Crippen LogP contribution < -0.4 is 5.32 Å². The zero-order chi connectivity index (χ0) is 10.7. The van der Waals surface area contributed by atoms with Crippen molar-refractivity contribution in [2.24, 2.45) is 0 Å². The van der Waals surface area contributed by atoms with Gasteiger partial charge in [0.1, 0.15) is 6.10 Å². The Morgan fingerprint density at radius 1 is 1.38 bits per heavy atom. The van der Waals surface area contributed by atoms with Crippen molar-refractivity contribution in [3.05, 3.63) is 0 Å². The van der Waals surface area contributed by atoms with Gasteiger partial charge in [-0.1, -0.05) is 6.92 Å². The molecule has 2 saturated heterocycles. The average Bonchev–Trinajstić information content (AvgIpc) is 2.78. The Morgan fingerprint density at radius 3 is 2.62 bits per heavy atom. The largest absolute Gasteiger partial charge is 0.365 e. The van der Waals surface area contributed by atoms with E-state index >= 15 is 0 Å². The van der Waals surface area contributed by atoms with Crippen molar-refractivity contribution in [2.75, 3.05) is 26.2 Å². The van der Waals surface area contributed by atoms with Crippen molar-refractivity contribution in [3.63, 3.8) is 0 Å². The van der Waals surface area contributed by atoms with E-state index in [9.17, 15) is 4.79 Å². The lowest BCUT2D eigenvalue weighted by Gasteiger charge is -2.29. The van der Waals surface area contributed by atoms with Gasteiger partial charge in [0.2, 0.25) is 0 Å². The Hall–Kier alpha value is -0.320. The van der Waals surface area contributed by atoms with Gasteiger partial charge in [0, 0.05) is 26.2 Å². The van der Waals surface area contributed by atoms with Gasteiger partial charge in [0.25, 0.3) is 5.91 Å². The Bertz CT molecular complexity index is 232. The molecule has 0 aromatic carbocycles. The molecule has 0 aromatic rings.